The predicted octanol–water partition coefficient (Wildman–Crippen LogP) is 1.49. The fourth-order valence-corrected chi connectivity index (χ4v) is 3.56. The highest BCUT2D eigenvalue weighted by atomic mass is 16.5. The summed E-state index contributed by atoms with van der Waals surface area (Å²) >= 11 is 0. The Hall–Kier alpha value is -3.72. The van der Waals surface area contributed by atoms with Gasteiger partial charge in [0.15, 0.2) is 0 Å². The van der Waals surface area contributed by atoms with Crippen LogP contribution in [0.5, 0.6) is 0 Å². The summed E-state index contributed by atoms with van der Waals surface area (Å²) in [7, 11) is 0. The summed E-state index contributed by atoms with van der Waals surface area (Å²) in [5.41, 5.74) is 1.64. The Kier molecular flexibility index (Phi) is 11.6. The van der Waals surface area contributed by atoms with Crippen LogP contribution in [0.25, 0.3) is 0 Å². The van der Waals surface area contributed by atoms with Gasteiger partial charge >= 0.3 is 5.97 Å². The van der Waals surface area contributed by atoms with E-state index in [2.05, 4.69) is 16.0 Å². The normalized spacial score (nSPS) is 13.2. The van der Waals surface area contributed by atoms with Gasteiger partial charge in [0.1, 0.15) is 24.7 Å². The van der Waals surface area contributed by atoms with E-state index in [1.807, 2.05) is 74.5 Å². The molecule has 0 unspecified atom stereocenters. The lowest BCUT2D eigenvalue weighted by molar-refractivity contribution is -0.149. The second-order valence-corrected chi connectivity index (χ2v) is 8.97. The van der Waals surface area contributed by atoms with Crippen LogP contribution in [0.2, 0.25) is 0 Å². The van der Waals surface area contributed by atoms with Gasteiger partial charge in [-0.2, -0.15) is 0 Å². The summed E-state index contributed by atoms with van der Waals surface area (Å²) in [5.74, 6) is -2.31. The highest BCUT2D eigenvalue weighted by molar-refractivity contribution is 5.93. The minimum atomic E-state index is -1.19. The maximum Gasteiger partial charge on any atom is 0.329 e. The quantitative estimate of drug-likeness (QED) is 0.310. The SMILES string of the molecule is CC(=O)N[C@@H](CO)C(=O)N[C@@H](CC(C)C)C(=O)N[C@@H](Cc1ccccc1)C(=O)OCc1ccccc1. The van der Waals surface area contributed by atoms with E-state index in [-0.39, 0.29) is 25.4 Å². The van der Waals surface area contributed by atoms with Crippen molar-refractivity contribution in [2.45, 2.75) is 58.3 Å². The number of carbonyl (C=O) groups is 4. The van der Waals surface area contributed by atoms with Crippen LogP contribution in [0.3, 0.4) is 0 Å². The molecule has 3 atom stereocenters. The van der Waals surface area contributed by atoms with Crippen LogP contribution in [-0.4, -0.2) is 53.5 Å². The number of esters is 1. The molecule has 194 valence electrons. The molecule has 0 spiro atoms. The Morgan fingerprint density at radius 2 is 1.31 bits per heavy atom. The molecule has 36 heavy (non-hydrogen) atoms. The number of aliphatic hydroxyl groups is 1. The highest BCUT2D eigenvalue weighted by Gasteiger charge is 2.30. The van der Waals surface area contributed by atoms with Gasteiger partial charge in [-0.15, -0.1) is 0 Å². The number of nitrogens with one attached hydrogen (secondary N) is 3. The molecule has 0 aliphatic carbocycles. The van der Waals surface area contributed by atoms with Gasteiger partial charge in [-0.05, 0) is 23.5 Å². The standard InChI is InChI=1S/C27H35N3O6/c1-18(2)14-22(29-26(34)24(16-31)28-19(3)32)25(33)30-23(15-20-10-6-4-7-11-20)27(35)36-17-21-12-8-5-9-13-21/h4-13,18,22-24,31H,14-17H2,1-3H3,(H,28,32)(H,29,34)(H,30,33)/t22-,23-,24-/m0/s1. The first-order valence-corrected chi connectivity index (χ1v) is 11.9. The lowest BCUT2D eigenvalue weighted by Gasteiger charge is -2.25. The molecular formula is C27H35N3O6. The van der Waals surface area contributed by atoms with Gasteiger partial charge < -0.3 is 25.8 Å². The van der Waals surface area contributed by atoms with Gasteiger partial charge in [0.25, 0.3) is 0 Å². The Balaban J connectivity index is 2.17. The third-order valence-corrected chi connectivity index (χ3v) is 5.32. The fraction of sp³-hybridized carbons (Fsp3) is 0.407. The first-order valence-electron chi connectivity index (χ1n) is 11.9. The largest absolute Gasteiger partial charge is 0.459 e. The van der Waals surface area contributed by atoms with Crippen molar-refractivity contribution in [3.8, 4) is 0 Å². The van der Waals surface area contributed by atoms with E-state index < -0.39 is 48.4 Å². The molecule has 2 aromatic carbocycles. The maximum absolute atomic E-state index is 13.2. The van der Waals surface area contributed by atoms with Crippen molar-refractivity contribution < 1.29 is 29.0 Å². The number of carbonyl (C=O) groups excluding carboxylic acids is 4. The summed E-state index contributed by atoms with van der Waals surface area (Å²) < 4.78 is 5.48. The predicted molar refractivity (Wildman–Crippen MR) is 134 cm³/mol. The number of hydrogen-bond donors (Lipinski definition) is 4. The third kappa shape index (κ3) is 9.87. The van der Waals surface area contributed by atoms with E-state index in [0.29, 0.717) is 0 Å². The van der Waals surface area contributed by atoms with Crippen molar-refractivity contribution in [1.82, 2.24) is 16.0 Å². The fourth-order valence-electron chi connectivity index (χ4n) is 3.56. The minimum absolute atomic E-state index is 0.0343. The number of aliphatic hydroxyl groups excluding tert-OH is 1. The third-order valence-electron chi connectivity index (χ3n) is 5.32. The van der Waals surface area contributed by atoms with Crippen molar-refractivity contribution >= 4 is 23.7 Å². The van der Waals surface area contributed by atoms with E-state index in [0.717, 1.165) is 11.1 Å². The van der Waals surface area contributed by atoms with E-state index in [9.17, 15) is 24.3 Å². The second-order valence-electron chi connectivity index (χ2n) is 8.97. The summed E-state index contributed by atoms with van der Waals surface area (Å²) in [6.07, 6.45) is 0.487. The number of benzene rings is 2. The molecule has 0 saturated carbocycles. The molecule has 0 bridgehead atoms. The van der Waals surface area contributed by atoms with Crippen LogP contribution in [0, 0.1) is 5.92 Å². The van der Waals surface area contributed by atoms with Gasteiger partial charge in [0, 0.05) is 13.3 Å². The summed E-state index contributed by atoms with van der Waals surface area (Å²) in [5, 5.41) is 17.1. The van der Waals surface area contributed by atoms with Crippen molar-refractivity contribution in [3.05, 3.63) is 71.8 Å². The van der Waals surface area contributed by atoms with Gasteiger partial charge in [-0.25, -0.2) is 4.79 Å². The van der Waals surface area contributed by atoms with Gasteiger partial charge in [-0.1, -0.05) is 74.5 Å². The van der Waals surface area contributed by atoms with Crippen LogP contribution in [0.15, 0.2) is 60.7 Å². The Morgan fingerprint density at radius 1 is 0.778 bits per heavy atom. The highest BCUT2D eigenvalue weighted by Crippen LogP contribution is 2.10. The Bertz CT molecular complexity index is 997. The van der Waals surface area contributed by atoms with E-state index in [4.69, 9.17) is 4.74 Å². The lowest BCUT2D eigenvalue weighted by Crippen LogP contribution is -2.57. The van der Waals surface area contributed by atoms with Crippen LogP contribution >= 0.6 is 0 Å². The molecule has 0 aliphatic rings. The molecule has 9 heteroatoms. The molecule has 0 aromatic heterocycles. The molecule has 0 heterocycles. The first kappa shape index (κ1) is 28.5. The number of hydrogen-bond acceptors (Lipinski definition) is 6. The topological polar surface area (TPSA) is 134 Å². The van der Waals surface area contributed by atoms with Crippen molar-refractivity contribution in [1.29, 1.82) is 0 Å². The molecule has 3 amide bonds. The molecule has 0 aliphatic heterocycles. The monoisotopic (exact) mass is 497 g/mol. The smallest absolute Gasteiger partial charge is 0.329 e. The number of rotatable bonds is 13. The van der Waals surface area contributed by atoms with Crippen LogP contribution in [-0.2, 0) is 36.9 Å². The van der Waals surface area contributed by atoms with Gasteiger partial charge in [0.05, 0.1) is 6.61 Å². The molecule has 9 nitrogen and oxygen atoms in total. The summed E-state index contributed by atoms with van der Waals surface area (Å²) in [6.45, 7) is 4.44. The van der Waals surface area contributed by atoms with Crippen molar-refractivity contribution in [2.75, 3.05) is 6.61 Å². The Labute approximate surface area is 211 Å². The zero-order valence-corrected chi connectivity index (χ0v) is 20.9. The molecular weight excluding hydrogens is 462 g/mol. The van der Waals surface area contributed by atoms with E-state index in [1.54, 1.807) is 0 Å². The molecule has 0 radical (unpaired) electrons. The van der Waals surface area contributed by atoms with Crippen LogP contribution in [0.1, 0.15) is 38.3 Å². The van der Waals surface area contributed by atoms with E-state index >= 15 is 0 Å². The lowest BCUT2D eigenvalue weighted by atomic mass is 10.0. The molecule has 2 aromatic rings. The van der Waals surface area contributed by atoms with Crippen LogP contribution in [0.4, 0.5) is 0 Å². The van der Waals surface area contributed by atoms with Crippen molar-refractivity contribution in [3.63, 3.8) is 0 Å². The van der Waals surface area contributed by atoms with Crippen molar-refractivity contribution in [2.24, 2.45) is 5.92 Å². The molecule has 0 fully saturated rings. The zero-order chi connectivity index (χ0) is 26.5. The molecule has 2 rings (SSSR count). The summed E-state index contributed by atoms with van der Waals surface area (Å²) in [6, 6.07) is 15.2. The van der Waals surface area contributed by atoms with Crippen LogP contribution < -0.4 is 16.0 Å². The molecule has 4 N–H and O–H groups in total. The average Bonchev–Trinajstić information content (AvgIpc) is 2.85. The zero-order valence-electron chi connectivity index (χ0n) is 20.9. The Morgan fingerprint density at radius 3 is 1.83 bits per heavy atom. The average molecular weight is 498 g/mol. The maximum atomic E-state index is 13.2. The first-order chi connectivity index (χ1) is 17.2. The minimum Gasteiger partial charge on any atom is -0.459 e. The molecule has 0 saturated heterocycles. The van der Waals surface area contributed by atoms with Gasteiger partial charge in [0.2, 0.25) is 17.7 Å². The summed E-state index contributed by atoms with van der Waals surface area (Å²) in [4.78, 5) is 50.2. The number of ether oxygens (including phenoxy) is 1. The second kappa shape index (κ2) is 14.6. The number of amides is 3. The van der Waals surface area contributed by atoms with Gasteiger partial charge in [-0.3, -0.25) is 14.4 Å². The van der Waals surface area contributed by atoms with E-state index in [1.165, 1.54) is 6.92 Å².